The summed E-state index contributed by atoms with van der Waals surface area (Å²) in [6.45, 7) is 0.217. The molecule has 1 aromatic carbocycles. The van der Waals surface area contributed by atoms with Crippen LogP contribution in [0.2, 0.25) is 5.02 Å². The van der Waals surface area contributed by atoms with Crippen molar-refractivity contribution in [2.45, 2.75) is 43.9 Å². The molecule has 0 spiro atoms. The lowest BCUT2D eigenvalue weighted by Gasteiger charge is -2.35. The Kier molecular flexibility index (Phi) is 5.92. The summed E-state index contributed by atoms with van der Waals surface area (Å²) in [5.74, 6) is -1.47. The molecule has 3 unspecified atom stereocenters. The van der Waals surface area contributed by atoms with Gasteiger partial charge in [-0.05, 0) is 42.4 Å². The molecule has 0 aromatic heterocycles. The van der Waals surface area contributed by atoms with Crippen molar-refractivity contribution in [3.05, 3.63) is 34.9 Å². The largest absolute Gasteiger partial charge is 0.481 e. The van der Waals surface area contributed by atoms with Crippen molar-refractivity contribution in [3.8, 4) is 0 Å². The number of benzene rings is 1. The SMILES string of the molecule is O=C(O)CC(c1ccc(Cl)cc1)C1CCOC(CC(F)(F)F)C1. The first-order valence-electron chi connectivity index (χ1n) is 7.40. The maximum Gasteiger partial charge on any atom is 0.391 e. The van der Waals surface area contributed by atoms with Crippen LogP contribution in [-0.4, -0.2) is 30.0 Å². The number of carboxylic acid groups (broad SMARTS) is 1. The fourth-order valence-electron chi connectivity index (χ4n) is 3.13. The third-order valence-electron chi connectivity index (χ3n) is 4.13. The van der Waals surface area contributed by atoms with Crippen molar-refractivity contribution in [1.82, 2.24) is 0 Å². The third-order valence-corrected chi connectivity index (χ3v) is 4.38. The fourth-order valence-corrected chi connectivity index (χ4v) is 3.26. The minimum atomic E-state index is -4.28. The van der Waals surface area contributed by atoms with Gasteiger partial charge in [-0.25, -0.2) is 0 Å². The van der Waals surface area contributed by atoms with Crippen molar-refractivity contribution in [3.63, 3.8) is 0 Å². The van der Waals surface area contributed by atoms with Gasteiger partial charge in [0, 0.05) is 11.6 Å². The first kappa shape index (κ1) is 18.1. The van der Waals surface area contributed by atoms with E-state index < -0.39 is 24.7 Å². The highest BCUT2D eigenvalue weighted by Gasteiger charge is 2.37. The standard InChI is InChI=1S/C16H18ClF3O3/c17-12-3-1-10(2-4-12)14(8-15(21)22)11-5-6-23-13(7-11)9-16(18,19)20/h1-4,11,13-14H,5-9H2,(H,21,22). The summed E-state index contributed by atoms with van der Waals surface area (Å²) in [4.78, 5) is 11.2. The minimum absolute atomic E-state index is 0.120. The van der Waals surface area contributed by atoms with Crippen LogP contribution in [0.15, 0.2) is 24.3 Å². The van der Waals surface area contributed by atoms with Crippen LogP contribution in [0, 0.1) is 5.92 Å². The average molecular weight is 351 g/mol. The van der Waals surface area contributed by atoms with E-state index in [1.54, 1.807) is 24.3 Å². The van der Waals surface area contributed by atoms with Crippen LogP contribution in [-0.2, 0) is 9.53 Å². The molecule has 1 aromatic rings. The van der Waals surface area contributed by atoms with Crippen LogP contribution in [0.3, 0.4) is 0 Å². The molecule has 1 N–H and O–H groups in total. The van der Waals surface area contributed by atoms with Gasteiger partial charge in [0.05, 0.1) is 18.9 Å². The van der Waals surface area contributed by atoms with E-state index in [0.29, 0.717) is 11.4 Å². The number of ether oxygens (including phenoxy) is 1. The topological polar surface area (TPSA) is 46.5 Å². The van der Waals surface area contributed by atoms with E-state index in [-0.39, 0.29) is 31.3 Å². The van der Waals surface area contributed by atoms with Gasteiger partial charge in [0.1, 0.15) is 0 Å². The maximum absolute atomic E-state index is 12.6. The molecule has 0 aliphatic carbocycles. The number of aliphatic carboxylic acids is 1. The van der Waals surface area contributed by atoms with Crippen LogP contribution in [0.1, 0.15) is 37.2 Å². The molecular weight excluding hydrogens is 333 g/mol. The Morgan fingerprint density at radius 3 is 2.57 bits per heavy atom. The van der Waals surface area contributed by atoms with Gasteiger partial charge in [-0.3, -0.25) is 4.79 Å². The monoisotopic (exact) mass is 350 g/mol. The molecule has 0 radical (unpaired) electrons. The molecule has 0 amide bonds. The summed E-state index contributed by atoms with van der Waals surface area (Å²) in [5.41, 5.74) is 0.787. The first-order chi connectivity index (χ1) is 10.7. The number of alkyl halides is 3. The molecule has 1 saturated heterocycles. The van der Waals surface area contributed by atoms with E-state index in [0.717, 1.165) is 5.56 Å². The van der Waals surface area contributed by atoms with Crippen LogP contribution >= 0.6 is 11.6 Å². The highest BCUT2D eigenvalue weighted by atomic mass is 35.5. The summed E-state index contributed by atoms with van der Waals surface area (Å²) in [6.07, 6.45) is -5.55. The second kappa shape index (κ2) is 7.53. The molecule has 128 valence electrons. The molecule has 0 bridgehead atoms. The van der Waals surface area contributed by atoms with Gasteiger partial charge in [-0.1, -0.05) is 23.7 Å². The van der Waals surface area contributed by atoms with E-state index in [4.69, 9.17) is 21.4 Å². The lowest BCUT2D eigenvalue weighted by atomic mass is 9.77. The van der Waals surface area contributed by atoms with Gasteiger partial charge in [0.2, 0.25) is 0 Å². The Hall–Kier alpha value is -1.27. The van der Waals surface area contributed by atoms with Crippen molar-refractivity contribution in [2.24, 2.45) is 5.92 Å². The number of carboxylic acids is 1. The third kappa shape index (κ3) is 5.70. The molecule has 1 heterocycles. The van der Waals surface area contributed by atoms with Crippen molar-refractivity contribution in [1.29, 1.82) is 0 Å². The number of carbonyl (C=O) groups is 1. The van der Waals surface area contributed by atoms with Gasteiger partial charge in [-0.15, -0.1) is 0 Å². The van der Waals surface area contributed by atoms with Crippen LogP contribution < -0.4 is 0 Å². The quantitative estimate of drug-likeness (QED) is 0.841. The second-order valence-electron chi connectivity index (χ2n) is 5.85. The lowest BCUT2D eigenvalue weighted by Crippen LogP contribution is -2.33. The summed E-state index contributed by atoms with van der Waals surface area (Å²) in [7, 11) is 0. The number of hydrogen-bond donors (Lipinski definition) is 1. The highest BCUT2D eigenvalue weighted by Crippen LogP contribution is 2.39. The molecule has 3 nitrogen and oxygen atoms in total. The fraction of sp³-hybridized carbons (Fsp3) is 0.562. The number of halogens is 4. The van der Waals surface area contributed by atoms with Gasteiger partial charge in [0.25, 0.3) is 0 Å². The van der Waals surface area contributed by atoms with Crippen LogP contribution in [0.4, 0.5) is 13.2 Å². The Labute approximate surface area is 137 Å². The van der Waals surface area contributed by atoms with Gasteiger partial charge < -0.3 is 9.84 Å². The Morgan fingerprint density at radius 2 is 2.00 bits per heavy atom. The van der Waals surface area contributed by atoms with Gasteiger partial charge in [0.15, 0.2) is 0 Å². The Bertz CT molecular complexity index is 530. The zero-order valence-electron chi connectivity index (χ0n) is 12.4. The minimum Gasteiger partial charge on any atom is -0.481 e. The predicted molar refractivity (Wildman–Crippen MR) is 79.6 cm³/mol. The Balaban J connectivity index is 2.14. The molecule has 1 aliphatic rings. The first-order valence-corrected chi connectivity index (χ1v) is 7.78. The van der Waals surface area contributed by atoms with Crippen LogP contribution in [0.5, 0.6) is 0 Å². The van der Waals surface area contributed by atoms with Crippen molar-refractivity contribution >= 4 is 17.6 Å². The zero-order chi connectivity index (χ0) is 17.0. The lowest BCUT2D eigenvalue weighted by molar-refractivity contribution is -0.170. The van der Waals surface area contributed by atoms with Crippen LogP contribution in [0.25, 0.3) is 0 Å². The number of rotatable bonds is 5. The predicted octanol–water partition coefficient (Wildman–Crippen LogP) is 4.65. The van der Waals surface area contributed by atoms with Crippen molar-refractivity contribution in [2.75, 3.05) is 6.61 Å². The normalized spacial score (nSPS) is 23.5. The maximum atomic E-state index is 12.6. The van der Waals surface area contributed by atoms with E-state index in [1.807, 2.05) is 0 Å². The molecular formula is C16H18ClF3O3. The average Bonchev–Trinajstić information content (AvgIpc) is 2.44. The van der Waals surface area contributed by atoms with Crippen molar-refractivity contribution < 1.29 is 27.8 Å². The molecule has 0 saturated carbocycles. The molecule has 1 fully saturated rings. The second-order valence-corrected chi connectivity index (χ2v) is 6.29. The molecule has 3 atom stereocenters. The number of hydrogen-bond acceptors (Lipinski definition) is 2. The molecule has 7 heteroatoms. The molecule has 1 aliphatic heterocycles. The van der Waals surface area contributed by atoms with E-state index >= 15 is 0 Å². The zero-order valence-corrected chi connectivity index (χ0v) is 13.1. The Morgan fingerprint density at radius 1 is 1.35 bits per heavy atom. The molecule has 2 rings (SSSR count). The van der Waals surface area contributed by atoms with E-state index in [1.165, 1.54) is 0 Å². The highest BCUT2D eigenvalue weighted by molar-refractivity contribution is 6.30. The smallest absolute Gasteiger partial charge is 0.391 e. The van der Waals surface area contributed by atoms with Gasteiger partial charge in [-0.2, -0.15) is 13.2 Å². The van der Waals surface area contributed by atoms with Gasteiger partial charge >= 0.3 is 12.1 Å². The van der Waals surface area contributed by atoms with E-state index in [2.05, 4.69) is 0 Å². The molecule has 23 heavy (non-hydrogen) atoms. The summed E-state index contributed by atoms with van der Waals surface area (Å²) in [6, 6.07) is 6.81. The summed E-state index contributed by atoms with van der Waals surface area (Å²) in [5, 5.41) is 9.68. The summed E-state index contributed by atoms with van der Waals surface area (Å²) < 4.78 is 42.9. The summed E-state index contributed by atoms with van der Waals surface area (Å²) >= 11 is 5.84. The van der Waals surface area contributed by atoms with E-state index in [9.17, 15) is 18.0 Å².